The van der Waals surface area contributed by atoms with Gasteiger partial charge in [0, 0.05) is 24.0 Å². The molecule has 2 aromatic rings. The highest BCUT2D eigenvalue weighted by Gasteiger charge is 2.56. The number of esters is 1. The van der Waals surface area contributed by atoms with Gasteiger partial charge >= 0.3 is 13.1 Å². The largest absolute Gasteiger partial charge is 0.496 e. The number of rotatable bonds is 4. The van der Waals surface area contributed by atoms with E-state index in [9.17, 15) is 4.79 Å². The van der Waals surface area contributed by atoms with Gasteiger partial charge in [-0.25, -0.2) is 4.79 Å². The van der Waals surface area contributed by atoms with Crippen LogP contribution in [0.15, 0.2) is 42.5 Å². The van der Waals surface area contributed by atoms with E-state index in [-0.39, 0.29) is 6.10 Å². The molecular weight excluding hydrogens is 347 g/mol. The third kappa shape index (κ3) is 2.87. The number of hydrogen-bond donors (Lipinski definition) is 0. The van der Waals surface area contributed by atoms with E-state index >= 15 is 0 Å². The molecule has 0 saturated carbocycles. The van der Waals surface area contributed by atoms with Gasteiger partial charge in [0.05, 0.1) is 27.4 Å². The molecule has 0 aromatic heterocycles. The molecule has 0 spiro atoms. The highest BCUT2D eigenvalue weighted by atomic mass is 16.6. The number of benzene rings is 2. The van der Waals surface area contributed by atoms with Crippen LogP contribution in [0.2, 0.25) is 0 Å². The lowest BCUT2D eigenvalue weighted by Crippen LogP contribution is -2.59. The van der Waals surface area contributed by atoms with Crippen LogP contribution in [-0.4, -0.2) is 40.0 Å². The lowest BCUT2D eigenvalue weighted by Gasteiger charge is -2.46. The minimum atomic E-state index is -1.13. The molecule has 4 rings (SSSR count). The fraction of sp³-hybridized carbons (Fsp3) is 0.350. The quantitative estimate of drug-likeness (QED) is 0.608. The van der Waals surface area contributed by atoms with Gasteiger partial charge in [0.15, 0.2) is 5.60 Å². The maximum Gasteiger partial charge on any atom is 0.495 e. The zero-order valence-electron chi connectivity index (χ0n) is 15.6. The smallest absolute Gasteiger partial charge is 0.495 e. The number of carbonyl (C=O) groups is 1. The molecule has 27 heavy (non-hydrogen) atoms. The van der Waals surface area contributed by atoms with Crippen molar-refractivity contribution in [1.29, 1.82) is 0 Å². The molecule has 1 saturated heterocycles. The Morgan fingerprint density at radius 1 is 1.07 bits per heavy atom. The Hall–Kier alpha value is -2.51. The zero-order chi connectivity index (χ0) is 19.0. The maximum absolute atomic E-state index is 12.8. The van der Waals surface area contributed by atoms with Crippen LogP contribution in [0.25, 0.3) is 0 Å². The standard InChI is InChI=1S/C20H21BO6/c1-23-15-9-10-16(24-2)18-14(15)11-20(19(22)25-3)12-17(18)26-21(27-20)13-7-5-4-6-8-13/h4-10,17H,11-12H2,1-3H3/t17-,20-/m0/s1. The van der Waals surface area contributed by atoms with Crippen LogP contribution in [0, 0.1) is 0 Å². The Bertz CT molecular complexity index is 855. The predicted octanol–water partition coefficient (Wildman–Crippen LogP) is 2.05. The van der Waals surface area contributed by atoms with E-state index in [0.29, 0.717) is 24.3 Å². The van der Waals surface area contributed by atoms with Gasteiger partial charge in [-0.15, -0.1) is 0 Å². The van der Waals surface area contributed by atoms with Crippen molar-refractivity contribution in [3.8, 4) is 11.5 Å². The van der Waals surface area contributed by atoms with Crippen LogP contribution in [0.4, 0.5) is 0 Å². The summed E-state index contributed by atoms with van der Waals surface area (Å²) in [6.07, 6.45) is 0.315. The number of methoxy groups -OCH3 is 3. The van der Waals surface area contributed by atoms with Gasteiger partial charge in [-0.3, -0.25) is 0 Å². The van der Waals surface area contributed by atoms with Crippen LogP contribution >= 0.6 is 0 Å². The lowest BCUT2D eigenvalue weighted by molar-refractivity contribution is -0.170. The van der Waals surface area contributed by atoms with E-state index in [1.807, 2.05) is 42.5 Å². The zero-order valence-corrected chi connectivity index (χ0v) is 15.6. The van der Waals surface area contributed by atoms with Crippen molar-refractivity contribution in [1.82, 2.24) is 0 Å². The van der Waals surface area contributed by atoms with Gasteiger partial charge in [0.2, 0.25) is 0 Å². The third-order valence-electron chi connectivity index (χ3n) is 5.26. The second-order valence-corrected chi connectivity index (χ2v) is 6.71. The number of ether oxygens (including phenoxy) is 3. The molecule has 2 atom stereocenters. The molecule has 1 aliphatic carbocycles. The van der Waals surface area contributed by atoms with Crippen LogP contribution in [0.1, 0.15) is 23.7 Å². The molecule has 6 nitrogen and oxygen atoms in total. The first-order valence-electron chi connectivity index (χ1n) is 8.82. The first kappa shape index (κ1) is 17.9. The first-order valence-corrected chi connectivity index (χ1v) is 8.82. The molecule has 0 N–H and O–H groups in total. The number of fused-ring (bicyclic) bond motifs is 4. The monoisotopic (exact) mass is 368 g/mol. The van der Waals surface area contributed by atoms with Crippen LogP contribution in [0.3, 0.4) is 0 Å². The second kappa shape index (κ2) is 6.90. The maximum atomic E-state index is 12.8. The Morgan fingerprint density at radius 2 is 1.78 bits per heavy atom. The van der Waals surface area contributed by atoms with E-state index < -0.39 is 18.7 Å². The third-order valence-corrected chi connectivity index (χ3v) is 5.26. The van der Waals surface area contributed by atoms with E-state index in [0.717, 1.165) is 16.6 Å². The Labute approximate surface area is 158 Å². The summed E-state index contributed by atoms with van der Waals surface area (Å²) >= 11 is 0. The average molecular weight is 368 g/mol. The molecule has 0 unspecified atom stereocenters. The van der Waals surface area contributed by atoms with E-state index in [2.05, 4.69) is 0 Å². The molecule has 2 aromatic carbocycles. The molecule has 0 radical (unpaired) electrons. The molecule has 2 aliphatic rings. The Kier molecular flexibility index (Phi) is 4.57. The van der Waals surface area contributed by atoms with E-state index in [1.165, 1.54) is 7.11 Å². The second-order valence-electron chi connectivity index (χ2n) is 6.71. The van der Waals surface area contributed by atoms with Crippen molar-refractivity contribution in [3.05, 3.63) is 53.6 Å². The van der Waals surface area contributed by atoms with Gasteiger partial charge in [0.25, 0.3) is 0 Å². The van der Waals surface area contributed by atoms with Crippen molar-refractivity contribution in [2.75, 3.05) is 21.3 Å². The summed E-state index contributed by atoms with van der Waals surface area (Å²) in [4.78, 5) is 12.8. The van der Waals surface area contributed by atoms with Crippen molar-refractivity contribution in [2.24, 2.45) is 0 Å². The summed E-state index contributed by atoms with van der Waals surface area (Å²) in [5, 5.41) is 0. The van der Waals surface area contributed by atoms with E-state index in [4.69, 9.17) is 23.5 Å². The van der Waals surface area contributed by atoms with Crippen LogP contribution < -0.4 is 14.9 Å². The predicted molar refractivity (Wildman–Crippen MR) is 99.4 cm³/mol. The highest BCUT2D eigenvalue weighted by molar-refractivity contribution is 6.61. The van der Waals surface area contributed by atoms with Crippen molar-refractivity contribution in [2.45, 2.75) is 24.5 Å². The Morgan fingerprint density at radius 3 is 2.44 bits per heavy atom. The topological polar surface area (TPSA) is 63.2 Å². The molecule has 7 heteroatoms. The van der Waals surface area contributed by atoms with Crippen LogP contribution in [0.5, 0.6) is 11.5 Å². The fourth-order valence-corrected chi connectivity index (χ4v) is 4.02. The lowest BCUT2D eigenvalue weighted by atomic mass is 9.69. The summed E-state index contributed by atoms with van der Waals surface area (Å²) in [5.74, 6) is 0.976. The van der Waals surface area contributed by atoms with Crippen molar-refractivity contribution >= 4 is 18.6 Å². The number of hydrogen-bond acceptors (Lipinski definition) is 6. The summed E-state index contributed by atoms with van der Waals surface area (Å²) in [5.41, 5.74) is 1.47. The summed E-state index contributed by atoms with van der Waals surface area (Å²) in [6.45, 7) is 0. The average Bonchev–Trinajstić information content (AvgIpc) is 2.72. The first-order chi connectivity index (χ1) is 13.1. The summed E-state index contributed by atoms with van der Waals surface area (Å²) in [6, 6.07) is 13.3. The molecule has 1 aliphatic heterocycles. The van der Waals surface area contributed by atoms with Gasteiger partial charge in [-0.05, 0) is 17.6 Å². The summed E-state index contributed by atoms with van der Waals surface area (Å²) < 4.78 is 28.7. The molecule has 1 heterocycles. The van der Waals surface area contributed by atoms with Crippen LogP contribution in [-0.2, 0) is 25.3 Å². The molecule has 1 fully saturated rings. The highest BCUT2D eigenvalue weighted by Crippen LogP contribution is 2.50. The van der Waals surface area contributed by atoms with Crippen molar-refractivity contribution in [3.63, 3.8) is 0 Å². The fourth-order valence-electron chi connectivity index (χ4n) is 4.02. The number of carbonyl (C=O) groups excluding carboxylic acids is 1. The van der Waals surface area contributed by atoms with E-state index in [1.54, 1.807) is 14.2 Å². The van der Waals surface area contributed by atoms with Gasteiger partial charge in [-0.2, -0.15) is 0 Å². The Balaban J connectivity index is 1.85. The molecular formula is C20H21BO6. The SMILES string of the molecule is COC(=O)[C@]12Cc3c(OC)ccc(OC)c3[C@H](C1)OB(c1ccccc1)O2. The summed E-state index contributed by atoms with van der Waals surface area (Å²) in [7, 11) is 3.93. The normalized spacial score (nSPS) is 23.4. The molecule has 0 amide bonds. The minimum absolute atomic E-state index is 0.332. The van der Waals surface area contributed by atoms with Gasteiger partial charge in [0.1, 0.15) is 11.5 Å². The molecule has 2 bridgehead atoms. The molecule has 140 valence electrons. The van der Waals surface area contributed by atoms with Gasteiger partial charge < -0.3 is 23.5 Å². The van der Waals surface area contributed by atoms with Gasteiger partial charge in [-0.1, -0.05) is 30.3 Å². The van der Waals surface area contributed by atoms with Crippen molar-refractivity contribution < 1.29 is 28.3 Å². The minimum Gasteiger partial charge on any atom is -0.496 e.